The van der Waals surface area contributed by atoms with Gasteiger partial charge in [-0.2, -0.15) is 0 Å². The Morgan fingerprint density at radius 3 is 1.13 bits per heavy atom. The number of aliphatic hydroxyl groups excluding tert-OH is 2. The fraction of sp³-hybridized carbons (Fsp3) is 0.810. The van der Waals surface area contributed by atoms with Gasteiger partial charge in [-0.3, -0.25) is 4.79 Å². The van der Waals surface area contributed by atoms with Crippen LogP contribution in [-0.4, -0.2) is 34.9 Å². The lowest BCUT2D eigenvalue weighted by Gasteiger charge is -2.19. The van der Waals surface area contributed by atoms with Crippen LogP contribution in [-0.2, 0) is 4.79 Å². The Balaban J connectivity index is 3.50. The van der Waals surface area contributed by atoms with E-state index in [0.29, 0.717) is 6.42 Å². The van der Waals surface area contributed by atoms with Crippen molar-refractivity contribution in [2.24, 2.45) is 0 Å². The number of amides is 1. The van der Waals surface area contributed by atoms with Crippen LogP contribution in [0.2, 0.25) is 0 Å². The predicted octanol–water partition coefficient (Wildman–Crippen LogP) is 18.0. The van der Waals surface area contributed by atoms with Crippen LogP contribution >= 0.6 is 0 Å². The number of carbonyl (C=O) groups excluding carboxylic acids is 1. The SMILES string of the molecule is CC/C=C\C/C=C\C/C=C\CCCCCCCCCC(=O)NC(CO)C(O)/C=C/CC/C=C/CCCCCCCCCCCCCCCCCCCCCCCCCCCCC. The lowest BCUT2D eigenvalue weighted by atomic mass is 10.0. The molecular formula is C58H107NO3. The van der Waals surface area contributed by atoms with Gasteiger partial charge in [0.05, 0.1) is 18.8 Å². The minimum Gasteiger partial charge on any atom is -0.394 e. The molecule has 4 nitrogen and oxygen atoms in total. The third kappa shape index (κ3) is 49.1. The fourth-order valence-corrected chi connectivity index (χ4v) is 8.33. The minimum absolute atomic E-state index is 0.0836. The van der Waals surface area contributed by atoms with Crippen LogP contribution in [0.25, 0.3) is 0 Å². The first-order valence-corrected chi connectivity index (χ1v) is 27.5. The zero-order valence-corrected chi connectivity index (χ0v) is 41.6. The van der Waals surface area contributed by atoms with Crippen molar-refractivity contribution in [2.75, 3.05) is 6.61 Å². The third-order valence-electron chi connectivity index (χ3n) is 12.5. The van der Waals surface area contributed by atoms with Gasteiger partial charge in [-0.25, -0.2) is 0 Å². The standard InChI is InChI=1S/C58H107NO3/c1-3-5-7-9-11-13-15-17-19-21-22-23-24-25-26-27-28-29-30-31-32-33-34-35-36-38-39-41-43-45-47-49-51-53-57(61)56(55-60)59-58(62)54-52-50-48-46-44-42-40-37-20-18-16-14-12-10-8-6-4-2/h6,8,12,14,18,20,43,45,51,53,56-57,60-61H,3-5,7,9-11,13,15-17,19,21-42,44,46-50,52,54-55H2,1-2H3,(H,59,62)/b8-6-,14-12-,20-18-,45-43+,53-51+. The van der Waals surface area contributed by atoms with E-state index in [0.717, 1.165) is 64.2 Å². The van der Waals surface area contributed by atoms with E-state index in [4.69, 9.17) is 0 Å². The fourth-order valence-electron chi connectivity index (χ4n) is 8.33. The van der Waals surface area contributed by atoms with E-state index in [1.807, 2.05) is 6.08 Å². The Bertz CT molecular complexity index is 1030. The molecule has 0 aromatic heterocycles. The summed E-state index contributed by atoms with van der Waals surface area (Å²) in [6, 6.07) is -0.648. The van der Waals surface area contributed by atoms with Crippen LogP contribution in [0, 0.1) is 0 Å². The Kier molecular flexibility index (Phi) is 51.8. The summed E-state index contributed by atoms with van der Waals surface area (Å²) >= 11 is 0. The van der Waals surface area contributed by atoms with Gasteiger partial charge in [-0.1, -0.05) is 274 Å². The topological polar surface area (TPSA) is 69.6 Å². The van der Waals surface area contributed by atoms with Crippen molar-refractivity contribution < 1.29 is 15.0 Å². The molecule has 4 heteroatoms. The van der Waals surface area contributed by atoms with E-state index in [-0.39, 0.29) is 12.5 Å². The molecule has 0 aliphatic carbocycles. The first-order chi connectivity index (χ1) is 30.7. The maximum Gasteiger partial charge on any atom is 0.220 e. The summed E-state index contributed by atoms with van der Waals surface area (Å²) in [5, 5.41) is 23.1. The molecule has 3 N–H and O–H groups in total. The smallest absolute Gasteiger partial charge is 0.220 e. The largest absolute Gasteiger partial charge is 0.394 e. The monoisotopic (exact) mass is 866 g/mol. The highest BCUT2D eigenvalue weighted by molar-refractivity contribution is 5.76. The van der Waals surface area contributed by atoms with Gasteiger partial charge in [-0.15, -0.1) is 0 Å². The molecule has 0 saturated heterocycles. The van der Waals surface area contributed by atoms with Gasteiger partial charge in [0.25, 0.3) is 0 Å². The van der Waals surface area contributed by atoms with Crippen LogP contribution in [0.4, 0.5) is 0 Å². The third-order valence-corrected chi connectivity index (χ3v) is 12.5. The highest BCUT2D eigenvalue weighted by Gasteiger charge is 2.18. The van der Waals surface area contributed by atoms with Gasteiger partial charge >= 0.3 is 0 Å². The highest BCUT2D eigenvalue weighted by Crippen LogP contribution is 2.17. The van der Waals surface area contributed by atoms with Crippen LogP contribution in [0.15, 0.2) is 60.8 Å². The summed E-state index contributed by atoms with van der Waals surface area (Å²) in [7, 11) is 0. The highest BCUT2D eigenvalue weighted by atomic mass is 16.3. The van der Waals surface area contributed by atoms with Crippen molar-refractivity contribution in [2.45, 2.75) is 296 Å². The summed E-state index contributed by atoms with van der Waals surface area (Å²) in [4.78, 5) is 12.4. The zero-order valence-electron chi connectivity index (χ0n) is 41.6. The second-order valence-electron chi connectivity index (χ2n) is 18.6. The van der Waals surface area contributed by atoms with Crippen LogP contribution < -0.4 is 5.32 Å². The molecule has 0 aliphatic rings. The van der Waals surface area contributed by atoms with Crippen LogP contribution in [0.3, 0.4) is 0 Å². The molecule has 0 aromatic carbocycles. The van der Waals surface area contributed by atoms with Gasteiger partial charge in [-0.05, 0) is 64.2 Å². The number of aliphatic hydroxyl groups is 2. The average molecular weight is 866 g/mol. The number of nitrogens with one attached hydrogen (secondary N) is 1. The Labute approximate surface area is 387 Å². The van der Waals surface area contributed by atoms with Crippen molar-refractivity contribution in [3.8, 4) is 0 Å². The lowest BCUT2D eigenvalue weighted by molar-refractivity contribution is -0.123. The molecule has 2 unspecified atom stereocenters. The van der Waals surface area contributed by atoms with Gasteiger partial charge in [0, 0.05) is 6.42 Å². The number of hydrogen-bond donors (Lipinski definition) is 3. The Hall–Kier alpha value is -1.91. The first-order valence-electron chi connectivity index (χ1n) is 27.5. The van der Waals surface area contributed by atoms with Gasteiger partial charge in [0.2, 0.25) is 5.91 Å². The molecule has 2 atom stereocenters. The summed E-state index contributed by atoms with van der Waals surface area (Å²) in [6.07, 6.45) is 75.4. The second kappa shape index (κ2) is 53.4. The summed E-state index contributed by atoms with van der Waals surface area (Å²) < 4.78 is 0. The van der Waals surface area contributed by atoms with E-state index in [2.05, 4.69) is 67.8 Å². The molecule has 0 radical (unpaired) electrons. The van der Waals surface area contributed by atoms with Crippen molar-refractivity contribution in [3.63, 3.8) is 0 Å². The quantitative estimate of drug-likeness (QED) is 0.0421. The van der Waals surface area contributed by atoms with Crippen molar-refractivity contribution >= 4 is 5.91 Å². The molecule has 0 aliphatic heterocycles. The second-order valence-corrected chi connectivity index (χ2v) is 18.6. The average Bonchev–Trinajstić information content (AvgIpc) is 3.28. The number of hydrogen-bond acceptors (Lipinski definition) is 3. The molecule has 362 valence electrons. The molecule has 0 rings (SSSR count). The molecule has 62 heavy (non-hydrogen) atoms. The zero-order chi connectivity index (χ0) is 44.9. The summed E-state index contributed by atoms with van der Waals surface area (Å²) in [5.74, 6) is -0.0836. The first kappa shape index (κ1) is 60.1. The van der Waals surface area contributed by atoms with Crippen molar-refractivity contribution in [1.82, 2.24) is 5.32 Å². The number of carbonyl (C=O) groups is 1. The van der Waals surface area contributed by atoms with E-state index < -0.39 is 12.1 Å². The summed E-state index contributed by atoms with van der Waals surface area (Å²) in [6.45, 7) is 4.20. The van der Waals surface area contributed by atoms with Gasteiger partial charge in [0.15, 0.2) is 0 Å². The van der Waals surface area contributed by atoms with Gasteiger partial charge < -0.3 is 15.5 Å². The van der Waals surface area contributed by atoms with Crippen LogP contribution in [0.5, 0.6) is 0 Å². The molecule has 0 spiro atoms. The van der Waals surface area contributed by atoms with E-state index in [9.17, 15) is 15.0 Å². The molecule has 0 saturated carbocycles. The maximum atomic E-state index is 12.4. The minimum atomic E-state index is -0.870. The molecule has 0 fully saturated rings. The van der Waals surface area contributed by atoms with Gasteiger partial charge in [0.1, 0.15) is 0 Å². The predicted molar refractivity (Wildman–Crippen MR) is 276 cm³/mol. The van der Waals surface area contributed by atoms with E-state index >= 15 is 0 Å². The van der Waals surface area contributed by atoms with Crippen molar-refractivity contribution in [1.29, 1.82) is 0 Å². The number of unbranched alkanes of at least 4 members (excludes halogenated alkanes) is 35. The number of rotatable bonds is 50. The molecule has 0 heterocycles. The Morgan fingerprint density at radius 1 is 0.403 bits per heavy atom. The maximum absolute atomic E-state index is 12.4. The molecule has 1 amide bonds. The lowest BCUT2D eigenvalue weighted by Crippen LogP contribution is -2.45. The molecular weight excluding hydrogens is 759 g/mol. The van der Waals surface area contributed by atoms with E-state index in [1.165, 1.54) is 199 Å². The number of allylic oxidation sites excluding steroid dienone is 9. The van der Waals surface area contributed by atoms with E-state index in [1.54, 1.807) is 6.08 Å². The normalized spacial score (nSPS) is 13.3. The van der Waals surface area contributed by atoms with Crippen molar-refractivity contribution in [3.05, 3.63) is 60.8 Å². The molecule has 0 bridgehead atoms. The Morgan fingerprint density at radius 2 is 0.726 bits per heavy atom. The summed E-state index contributed by atoms with van der Waals surface area (Å²) in [5.41, 5.74) is 0. The molecule has 0 aromatic rings. The van der Waals surface area contributed by atoms with Crippen LogP contribution in [0.1, 0.15) is 284 Å².